The van der Waals surface area contributed by atoms with Crippen molar-refractivity contribution < 1.29 is 14.6 Å². The third kappa shape index (κ3) is 5.45. The SMILES string of the molecule is CC1(C)CC(NC(=O)C2COCCN2Cc2cccc(O)c2)CC(C)(C)C1. The highest BCUT2D eigenvalue weighted by molar-refractivity contribution is 5.82. The summed E-state index contributed by atoms with van der Waals surface area (Å²) in [6.07, 6.45) is 3.22. The average molecular weight is 375 g/mol. The van der Waals surface area contributed by atoms with E-state index in [1.54, 1.807) is 12.1 Å². The van der Waals surface area contributed by atoms with E-state index < -0.39 is 0 Å². The first-order valence-electron chi connectivity index (χ1n) is 10.0. The van der Waals surface area contributed by atoms with Gasteiger partial charge in [0.15, 0.2) is 0 Å². The summed E-state index contributed by atoms with van der Waals surface area (Å²) in [5.41, 5.74) is 1.49. The van der Waals surface area contributed by atoms with Crippen molar-refractivity contribution in [2.45, 2.75) is 65.6 Å². The number of amides is 1. The van der Waals surface area contributed by atoms with Gasteiger partial charge in [0.1, 0.15) is 11.8 Å². The normalized spacial score (nSPS) is 25.9. The maximum Gasteiger partial charge on any atom is 0.239 e. The lowest BCUT2D eigenvalue weighted by molar-refractivity contribution is -0.134. The topological polar surface area (TPSA) is 61.8 Å². The Morgan fingerprint density at radius 1 is 1.26 bits per heavy atom. The molecule has 1 aromatic carbocycles. The summed E-state index contributed by atoms with van der Waals surface area (Å²) in [5.74, 6) is 0.321. The molecule has 2 fully saturated rings. The van der Waals surface area contributed by atoms with Gasteiger partial charge in [-0.15, -0.1) is 0 Å². The fourth-order valence-corrected chi connectivity index (χ4v) is 5.20. The number of nitrogens with one attached hydrogen (secondary N) is 1. The molecule has 1 aromatic rings. The Balaban J connectivity index is 1.66. The number of carbonyl (C=O) groups excluding carboxylic acids is 1. The number of ether oxygens (including phenoxy) is 1. The van der Waals surface area contributed by atoms with Crippen molar-refractivity contribution in [3.05, 3.63) is 29.8 Å². The van der Waals surface area contributed by atoms with Crippen molar-refractivity contribution in [2.24, 2.45) is 10.8 Å². The van der Waals surface area contributed by atoms with Gasteiger partial charge in [0.2, 0.25) is 5.91 Å². The second kappa shape index (κ2) is 7.80. The molecule has 27 heavy (non-hydrogen) atoms. The second-order valence-electron chi connectivity index (χ2n) is 9.85. The highest BCUT2D eigenvalue weighted by Crippen LogP contribution is 2.45. The summed E-state index contributed by atoms with van der Waals surface area (Å²) in [6.45, 7) is 11.6. The summed E-state index contributed by atoms with van der Waals surface area (Å²) in [6, 6.07) is 7.17. The summed E-state index contributed by atoms with van der Waals surface area (Å²) in [7, 11) is 0. The smallest absolute Gasteiger partial charge is 0.239 e. The Bertz CT molecular complexity index is 655. The van der Waals surface area contributed by atoms with Gasteiger partial charge in [0.05, 0.1) is 13.2 Å². The summed E-state index contributed by atoms with van der Waals surface area (Å²) in [4.78, 5) is 15.2. The standard InChI is InChI=1S/C22H34N2O3/c1-21(2)11-17(12-22(3,4)15-21)23-20(26)19-14-27-9-8-24(19)13-16-6-5-7-18(25)10-16/h5-7,10,17,19,25H,8-9,11-15H2,1-4H3,(H,23,26). The summed E-state index contributed by atoms with van der Waals surface area (Å²) in [5, 5.41) is 13.0. The molecule has 1 atom stereocenters. The van der Waals surface area contributed by atoms with Crippen LogP contribution in [0.4, 0.5) is 0 Å². The summed E-state index contributed by atoms with van der Waals surface area (Å²) >= 11 is 0. The van der Waals surface area contributed by atoms with Crippen molar-refractivity contribution in [3.8, 4) is 5.75 Å². The van der Waals surface area contributed by atoms with Gasteiger partial charge < -0.3 is 15.2 Å². The number of phenolic OH excluding ortho intramolecular Hbond substituents is 1. The number of hydrogen-bond acceptors (Lipinski definition) is 4. The van der Waals surface area contributed by atoms with Crippen LogP contribution in [-0.2, 0) is 16.1 Å². The van der Waals surface area contributed by atoms with E-state index in [4.69, 9.17) is 4.74 Å². The molecule has 3 rings (SSSR count). The minimum Gasteiger partial charge on any atom is -0.508 e. The van der Waals surface area contributed by atoms with Crippen molar-refractivity contribution >= 4 is 5.91 Å². The van der Waals surface area contributed by atoms with Crippen LogP contribution in [0, 0.1) is 10.8 Å². The quantitative estimate of drug-likeness (QED) is 0.849. The Hall–Kier alpha value is -1.59. The zero-order chi connectivity index (χ0) is 19.7. The molecular weight excluding hydrogens is 340 g/mol. The van der Waals surface area contributed by atoms with Gasteiger partial charge in [-0.2, -0.15) is 0 Å². The molecule has 5 nitrogen and oxygen atoms in total. The number of rotatable bonds is 4. The molecule has 2 aliphatic rings. The Morgan fingerprint density at radius 3 is 2.63 bits per heavy atom. The minimum absolute atomic E-state index is 0.0633. The maximum atomic E-state index is 13.1. The average Bonchev–Trinajstić information content (AvgIpc) is 2.52. The zero-order valence-electron chi connectivity index (χ0n) is 17.1. The largest absolute Gasteiger partial charge is 0.508 e. The molecule has 0 spiro atoms. The highest BCUT2D eigenvalue weighted by Gasteiger charge is 2.40. The zero-order valence-corrected chi connectivity index (χ0v) is 17.1. The first kappa shape index (κ1) is 20.2. The Kier molecular flexibility index (Phi) is 5.82. The molecule has 1 amide bonds. The first-order valence-corrected chi connectivity index (χ1v) is 10.0. The lowest BCUT2D eigenvalue weighted by Crippen LogP contribution is -2.56. The molecule has 2 N–H and O–H groups in total. The van der Waals surface area contributed by atoms with Crippen LogP contribution in [0.25, 0.3) is 0 Å². The van der Waals surface area contributed by atoms with E-state index in [9.17, 15) is 9.90 Å². The lowest BCUT2D eigenvalue weighted by Gasteiger charge is -2.45. The van der Waals surface area contributed by atoms with Gasteiger partial charge in [0.25, 0.3) is 0 Å². The number of carbonyl (C=O) groups is 1. The van der Waals surface area contributed by atoms with E-state index in [-0.39, 0.29) is 34.6 Å². The molecule has 5 heteroatoms. The Morgan fingerprint density at radius 2 is 1.96 bits per heavy atom. The minimum atomic E-state index is -0.283. The van der Waals surface area contributed by atoms with E-state index in [1.165, 1.54) is 6.42 Å². The van der Waals surface area contributed by atoms with Gasteiger partial charge in [0, 0.05) is 19.1 Å². The van der Waals surface area contributed by atoms with E-state index >= 15 is 0 Å². The molecule has 1 unspecified atom stereocenters. The van der Waals surface area contributed by atoms with E-state index in [0.29, 0.717) is 19.8 Å². The maximum absolute atomic E-state index is 13.1. The third-order valence-corrected chi connectivity index (χ3v) is 5.74. The van der Waals surface area contributed by atoms with Gasteiger partial charge in [-0.25, -0.2) is 0 Å². The molecule has 0 radical (unpaired) electrons. The molecule has 0 bridgehead atoms. The lowest BCUT2D eigenvalue weighted by atomic mass is 9.63. The predicted octanol–water partition coefficient (Wildman–Crippen LogP) is 3.31. The third-order valence-electron chi connectivity index (χ3n) is 5.74. The predicted molar refractivity (Wildman–Crippen MR) is 106 cm³/mol. The molecular formula is C22H34N2O3. The van der Waals surface area contributed by atoms with Gasteiger partial charge in [-0.3, -0.25) is 9.69 Å². The van der Waals surface area contributed by atoms with Crippen LogP contribution in [0.3, 0.4) is 0 Å². The van der Waals surface area contributed by atoms with Crippen molar-refractivity contribution in [1.82, 2.24) is 10.2 Å². The number of hydrogen-bond donors (Lipinski definition) is 2. The van der Waals surface area contributed by atoms with Crippen LogP contribution < -0.4 is 5.32 Å². The van der Waals surface area contributed by atoms with E-state index in [1.807, 2.05) is 12.1 Å². The number of morpholine rings is 1. The number of phenols is 1. The molecule has 1 saturated carbocycles. The molecule has 1 aliphatic carbocycles. The van der Waals surface area contributed by atoms with Crippen LogP contribution in [0.2, 0.25) is 0 Å². The van der Waals surface area contributed by atoms with Crippen LogP contribution in [0.15, 0.2) is 24.3 Å². The fraction of sp³-hybridized carbons (Fsp3) is 0.682. The van der Waals surface area contributed by atoms with Crippen LogP contribution >= 0.6 is 0 Å². The van der Waals surface area contributed by atoms with Crippen molar-refractivity contribution in [2.75, 3.05) is 19.8 Å². The monoisotopic (exact) mass is 374 g/mol. The fourth-order valence-electron chi connectivity index (χ4n) is 5.20. The molecule has 1 saturated heterocycles. The van der Waals surface area contributed by atoms with Gasteiger partial charge >= 0.3 is 0 Å². The Labute approximate surface area is 163 Å². The first-order chi connectivity index (χ1) is 12.6. The van der Waals surface area contributed by atoms with E-state index in [2.05, 4.69) is 37.9 Å². The molecule has 1 heterocycles. The van der Waals surface area contributed by atoms with Crippen LogP contribution in [0.5, 0.6) is 5.75 Å². The molecule has 0 aromatic heterocycles. The molecule has 150 valence electrons. The number of aromatic hydroxyl groups is 1. The van der Waals surface area contributed by atoms with E-state index in [0.717, 1.165) is 24.9 Å². The number of nitrogens with zero attached hydrogens (tertiary/aromatic N) is 1. The highest BCUT2D eigenvalue weighted by atomic mass is 16.5. The van der Waals surface area contributed by atoms with Crippen LogP contribution in [0.1, 0.15) is 52.5 Å². The van der Waals surface area contributed by atoms with Gasteiger partial charge in [-0.1, -0.05) is 39.8 Å². The second-order valence-corrected chi connectivity index (χ2v) is 9.85. The van der Waals surface area contributed by atoms with Crippen LogP contribution in [-0.4, -0.2) is 47.8 Å². The van der Waals surface area contributed by atoms with Crippen molar-refractivity contribution in [1.29, 1.82) is 0 Å². The van der Waals surface area contributed by atoms with Gasteiger partial charge in [-0.05, 0) is 47.8 Å². The van der Waals surface area contributed by atoms with Crippen molar-refractivity contribution in [3.63, 3.8) is 0 Å². The number of benzene rings is 1. The summed E-state index contributed by atoms with van der Waals surface area (Å²) < 4.78 is 5.61. The molecule has 1 aliphatic heterocycles.